The molecule has 2 bridgehead atoms. The number of aromatic nitrogens is 1. The third-order valence-electron chi connectivity index (χ3n) is 7.65. The number of amides is 1. The predicted molar refractivity (Wildman–Crippen MR) is 116 cm³/mol. The Morgan fingerprint density at radius 1 is 1.24 bits per heavy atom. The summed E-state index contributed by atoms with van der Waals surface area (Å²) >= 11 is 1.54. The number of thiazole rings is 1. The summed E-state index contributed by atoms with van der Waals surface area (Å²) in [6.07, 6.45) is 3.91. The molecule has 2 aliphatic rings. The zero-order chi connectivity index (χ0) is 20.8. The van der Waals surface area contributed by atoms with Crippen molar-refractivity contribution in [3.8, 4) is 22.1 Å². The Hall–Kier alpha value is -2.08. The van der Waals surface area contributed by atoms with Crippen molar-refractivity contribution in [1.29, 1.82) is 0 Å². The van der Waals surface area contributed by atoms with Gasteiger partial charge in [0.25, 0.3) is 0 Å². The lowest BCUT2D eigenvalue weighted by Crippen LogP contribution is -2.47. The van der Waals surface area contributed by atoms with E-state index in [-0.39, 0.29) is 17.4 Å². The fraction of sp³-hybridized carbons (Fsp3) is 0.565. The Labute approximate surface area is 176 Å². The molecule has 6 heteroatoms. The summed E-state index contributed by atoms with van der Waals surface area (Å²) in [5.41, 5.74) is 2.26. The molecule has 4 rings (SSSR count). The third-order valence-corrected chi connectivity index (χ3v) is 8.59. The number of hydrogen-bond donors (Lipinski definition) is 1. The summed E-state index contributed by atoms with van der Waals surface area (Å²) in [6.45, 7) is 7.09. The van der Waals surface area contributed by atoms with E-state index in [9.17, 15) is 4.79 Å². The summed E-state index contributed by atoms with van der Waals surface area (Å²) in [5.74, 6) is 2.15. The molecule has 2 aliphatic carbocycles. The van der Waals surface area contributed by atoms with E-state index in [1.165, 1.54) is 12.8 Å². The van der Waals surface area contributed by atoms with E-state index in [0.717, 1.165) is 22.7 Å². The van der Waals surface area contributed by atoms with E-state index >= 15 is 0 Å². The van der Waals surface area contributed by atoms with Gasteiger partial charge in [-0.05, 0) is 54.2 Å². The SMILES string of the molecule is COc1ccc(-c2nc(CC(=O)NC3CC4CCC3(C)C4(C)C)cs2)cc1OC. The zero-order valence-corrected chi connectivity index (χ0v) is 18.7. The number of carbonyl (C=O) groups is 1. The van der Waals surface area contributed by atoms with Gasteiger partial charge < -0.3 is 14.8 Å². The van der Waals surface area contributed by atoms with E-state index in [2.05, 4.69) is 31.1 Å². The fourth-order valence-electron chi connectivity index (χ4n) is 5.32. The maximum Gasteiger partial charge on any atom is 0.226 e. The first-order valence-corrected chi connectivity index (χ1v) is 11.1. The van der Waals surface area contributed by atoms with Crippen molar-refractivity contribution in [1.82, 2.24) is 10.3 Å². The number of ether oxygens (including phenoxy) is 2. The highest BCUT2D eigenvalue weighted by Crippen LogP contribution is 2.65. The second-order valence-corrected chi connectivity index (χ2v) is 9.98. The van der Waals surface area contributed by atoms with Gasteiger partial charge in [-0.1, -0.05) is 20.8 Å². The van der Waals surface area contributed by atoms with Crippen LogP contribution >= 0.6 is 11.3 Å². The fourth-order valence-corrected chi connectivity index (χ4v) is 6.14. The molecule has 3 atom stereocenters. The van der Waals surface area contributed by atoms with Gasteiger partial charge in [-0.3, -0.25) is 4.79 Å². The minimum Gasteiger partial charge on any atom is -0.493 e. The smallest absolute Gasteiger partial charge is 0.226 e. The molecule has 3 unspecified atom stereocenters. The van der Waals surface area contributed by atoms with Gasteiger partial charge >= 0.3 is 0 Å². The molecule has 0 saturated heterocycles. The van der Waals surface area contributed by atoms with Crippen LogP contribution in [0.1, 0.15) is 45.7 Å². The quantitative estimate of drug-likeness (QED) is 0.744. The van der Waals surface area contributed by atoms with Crippen LogP contribution in [0.25, 0.3) is 10.6 Å². The molecular weight excluding hydrogens is 384 g/mol. The van der Waals surface area contributed by atoms with E-state index in [0.29, 0.717) is 29.3 Å². The number of benzene rings is 1. The van der Waals surface area contributed by atoms with Crippen molar-refractivity contribution >= 4 is 17.2 Å². The maximum atomic E-state index is 12.7. The topological polar surface area (TPSA) is 60.5 Å². The van der Waals surface area contributed by atoms with Gasteiger partial charge in [-0.25, -0.2) is 4.98 Å². The molecule has 29 heavy (non-hydrogen) atoms. The van der Waals surface area contributed by atoms with Crippen LogP contribution in [0.4, 0.5) is 0 Å². The Balaban J connectivity index is 1.43. The predicted octanol–water partition coefficient (Wildman–Crippen LogP) is 4.70. The summed E-state index contributed by atoms with van der Waals surface area (Å²) in [7, 11) is 3.24. The Bertz CT molecular complexity index is 923. The van der Waals surface area contributed by atoms with Crippen molar-refractivity contribution in [2.24, 2.45) is 16.7 Å². The van der Waals surface area contributed by atoms with Gasteiger partial charge in [-0.2, -0.15) is 0 Å². The molecule has 2 fully saturated rings. The Kier molecular flexibility index (Phi) is 5.09. The first kappa shape index (κ1) is 20.2. The van der Waals surface area contributed by atoms with Crippen molar-refractivity contribution in [3.05, 3.63) is 29.3 Å². The maximum absolute atomic E-state index is 12.7. The summed E-state index contributed by atoms with van der Waals surface area (Å²) < 4.78 is 10.7. The second kappa shape index (κ2) is 7.31. The van der Waals surface area contributed by atoms with Gasteiger partial charge in [0.05, 0.1) is 26.3 Å². The molecule has 1 aromatic carbocycles. The van der Waals surface area contributed by atoms with E-state index in [1.807, 2.05) is 23.6 Å². The number of methoxy groups -OCH3 is 2. The lowest BCUT2D eigenvalue weighted by atomic mass is 9.69. The number of carbonyl (C=O) groups excluding carboxylic acids is 1. The molecule has 0 spiro atoms. The summed E-state index contributed by atoms with van der Waals surface area (Å²) in [4.78, 5) is 17.4. The largest absolute Gasteiger partial charge is 0.493 e. The molecule has 1 amide bonds. The monoisotopic (exact) mass is 414 g/mol. The van der Waals surface area contributed by atoms with Crippen LogP contribution in [-0.2, 0) is 11.2 Å². The Morgan fingerprint density at radius 3 is 2.62 bits per heavy atom. The van der Waals surface area contributed by atoms with Gasteiger partial charge in [-0.15, -0.1) is 11.3 Å². The lowest BCUT2D eigenvalue weighted by Gasteiger charge is -2.39. The number of nitrogens with zero attached hydrogens (tertiary/aromatic N) is 1. The van der Waals surface area contributed by atoms with Crippen LogP contribution in [0.3, 0.4) is 0 Å². The highest BCUT2D eigenvalue weighted by atomic mass is 32.1. The molecule has 1 aromatic heterocycles. The van der Waals surface area contributed by atoms with Crippen LogP contribution in [0.5, 0.6) is 11.5 Å². The van der Waals surface area contributed by atoms with Crippen molar-refractivity contribution in [2.45, 2.75) is 52.5 Å². The molecule has 2 saturated carbocycles. The standard InChI is InChI=1S/C23H30N2O3S/c1-22(2)15-8-9-23(22,3)19(11-15)25-20(26)12-16-13-29-21(24-16)14-6-7-17(27-4)18(10-14)28-5/h6-7,10,13,15,19H,8-9,11-12H2,1-5H3,(H,25,26). The highest BCUT2D eigenvalue weighted by Gasteiger charge is 2.61. The highest BCUT2D eigenvalue weighted by molar-refractivity contribution is 7.13. The second-order valence-electron chi connectivity index (χ2n) is 9.12. The number of hydrogen-bond acceptors (Lipinski definition) is 5. The minimum atomic E-state index is 0.0729. The zero-order valence-electron chi connectivity index (χ0n) is 17.9. The molecule has 1 heterocycles. The molecule has 1 N–H and O–H groups in total. The van der Waals surface area contributed by atoms with E-state index in [4.69, 9.17) is 9.47 Å². The number of fused-ring (bicyclic) bond motifs is 2. The molecule has 0 aliphatic heterocycles. The van der Waals surface area contributed by atoms with Gasteiger partial charge in [0, 0.05) is 17.0 Å². The first-order valence-electron chi connectivity index (χ1n) is 10.2. The van der Waals surface area contributed by atoms with E-state index < -0.39 is 0 Å². The molecule has 0 radical (unpaired) electrons. The van der Waals surface area contributed by atoms with Gasteiger partial charge in [0.2, 0.25) is 5.91 Å². The average Bonchev–Trinajstić information content (AvgIpc) is 3.30. The summed E-state index contributed by atoms with van der Waals surface area (Å²) in [6, 6.07) is 6.02. The lowest BCUT2D eigenvalue weighted by molar-refractivity contribution is -0.122. The molecule has 2 aromatic rings. The van der Waals surface area contributed by atoms with Crippen molar-refractivity contribution in [2.75, 3.05) is 14.2 Å². The van der Waals surface area contributed by atoms with Crippen molar-refractivity contribution < 1.29 is 14.3 Å². The molecule has 5 nitrogen and oxygen atoms in total. The number of nitrogens with one attached hydrogen (secondary N) is 1. The normalized spacial score (nSPS) is 27.1. The first-order chi connectivity index (χ1) is 13.8. The van der Waals surface area contributed by atoms with Crippen LogP contribution in [0.15, 0.2) is 23.6 Å². The van der Waals surface area contributed by atoms with Crippen LogP contribution in [0, 0.1) is 16.7 Å². The van der Waals surface area contributed by atoms with Crippen LogP contribution < -0.4 is 14.8 Å². The average molecular weight is 415 g/mol. The van der Waals surface area contributed by atoms with E-state index in [1.54, 1.807) is 25.6 Å². The Morgan fingerprint density at radius 2 is 2.00 bits per heavy atom. The van der Waals surface area contributed by atoms with Gasteiger partial charge in [0.1, 0.15) is 5.01 Å². The van der Waals surface area contributed by atoms with Crippen LogP contribution in [-0.4, -0.2) is 31.2 Å². The van der Waals surface area contributed by atoms with Gasteiger partial charge in [0.15, 0.2) is 11.5 Å². The molecule has 156 valence electrons. The minimum absolute atomic E-state index is 0.0729. The van der Waals surface area contributed by atoms with Crippen molar-refractivity contribution in [3.63, 3.8) is 0 Å². The van der Waals surface area contributed by atoms with Crippen LogP contribution in [0.2, 0.25) is 0 Å². The molecular formula is C23H30N2O3S. The summed E-state index contributed by atoms with van der Waals surface area (Å²) in [5, 5.41) is 6.17. The third kappa shape index (κ3) is 3.31. The number of rotatable bonds is 6.